The minimum atomic E-state index is -1.11. The Morgan fingerprint density at radius 2 is 1.97 bits per heavy atom. The molecule has 1 saturated heterocycles. The third-order valence-corrected chi connectivity index (χ3v) is 5.52. The smallest absolute Gasteiger partial charge is 0.337 e. The van der Waals surface area contributed by atoms with Gasteiger partial charge in [0.25, 0.3) is 5.91 Å². The van der Waals surface area contributed by atoms with Crippen LogP contribution < -0.4 is 10.6 Å². The van der Waals surface area contributed by atoms with Gasteiger partial charge >= 0.3 is 12.0 Å². The number of ether oxygens (including phenoxy) is 1. The van der Waals surface area contributed by atoms with Crippen LogP contribution in [0.5, 0.6) is 0 Å². The van der Waals surface area contributed by atoms with E-state index >= 15 is 0 Å². The Kier molecular flexibility index (Phi) is 4.99. The zero-order valence-electron chi connectivity index (χ0n) is 16.4. The fraction of sp³-hybridized carbons (Fsp3) is 0.273. The predicted octanol–water partition coefficient (Wildman–Crippen LogP) is 2.20. The largest absolute Gasteiger partial charge is 0.465 e. The summed E-state index contributed by atoms with van der Waals surface area (Å²) in [6.07, 6.45) is 2.11. The van der Waals surface area contributed by atoms with Crippen molar-refractivity contribution in [1.29, 1.82) is 0 Å². The third-order valence-electron chi connectivity index (χ3n) is 5.52. The van der Waals surface area contributed by atoms with Gasteiger partial charge in [0.1, 0.15) is 12.1 Å². The number of hydrogen-bond donors (Lipinski definition) is 2. The molecule has 0 aromatic heterocycles. The molecule has 0 radical (unpaired) electrons. The zero-order valence-corrected chi connectivity index (χ0v) is 16.4. The Balaban J connectivity index is 1.51. The molecule has 2 N–H and O–H groups in total. The molecule has 1 aliphatic heterocycles. The average Bonchev–Trinajstić information content (AvgIpc) is 2.98. The highest BCUT2D eigenvalue weighted by Gasteiger charge is 2.54. The lowest BCUT2D eigenvalue weighted by molar-refractivity contribution is -0.134. The van der Waals surface area contributed by atoms with Crippen molar-refractivity contribution in [2.45, 2.75) is 24.8 Å². The molecule has 4 amide bonds. The van der Waals surface area contributed by atoms with Crippen molar-refractivity contribution in [3.8, 4) is 0 Å². The molecule has 1 atom stereocenters. The molecule has 2 aliphatic rings. The van der Waals surface area contributed by atoms with Gasteiger partial charge in [-0.3, -0.25) is 14.5 Å². The molecule has 0 saturated carbocycles. The quantitative estimate of drug-likeness (QED) is 0.597. The number of nitrogens with zero attached hydrogens (tertiary/aromatic N) is 1. The summed E-state index contributed by atoms with van der Waals surface area (Å²) in [6, 6.07) is 13.2. The van der Waals surface area contributed by atoms with Crippen molar-refractivity contribution in [2.75, 3.05) is 19.0 Å². The molecule has 154 valence electrons. The van der Waals surface area contributed by atoms with Gasteiger partial charge in [-0.05, 0) is 48.6 Å². The number of carbonyl (C=O) groups excluding carboxylic acids is 4. The first kappa shape index (κ1) is 19.6. The summed E-state index contributed by atoms with van der Waals surface area (Å²) in [5, 5.41) is 5.44. The number of benzene rings is 2. The van der Waals surface area contributed by atoms with Crippen LogP contribution in [0.25, 0.3) is 0 Å². The molecule has 1 unspecified atom stereocenters. The summed E-state index contributed by atoms with van der Waals surface area (Å²) in [6.45, 7) is -0.420. The molecule has 1 aliphatic carbocycles. The summed E-state index contributed by atoms with van der Waals surface area (Å²) in [5.74, 6) is -1.49. The van der Waals surface area contributed by atoms with Crippen LogP contribution in [-0.2, 0) is 26.3 Å². The SMILES string of the molecule is COC(=O)c1cccc(NC(=O)CN2C(=O)NC3(CCCc4ccccc43)C2=O)c1. The van der Waals surface area contributed by atoms with Gasteiger partial charge in [0.05, 0.1) is 12.7 Å². The van der Waals surface area contributed by atoms with Crippen LogP contribution in [0.3, 0.4) is 0 Å². The number of anilines is 1. The van der Waals surface area contributed by atoms with Crippen molar-refractivity contribution in [3.05, 3.63) is 65.2 Å². The van der Waals surface area contributed by atoms with Crippen molar-refractivity contribution in [3.63, 3.8) is 0 Å². The number of nitrogens with one attached hydrogen (secondary N) is 2. The lowest BCUT2D eigenvalue weighted by atomic mass is 9.76. The normalized spacial score (nSPS) is 20.0. The number of fused-ring (bicyclic) bond motifs is 2. The van der Waals surface area contributed by atoms with Crippen molar-refractivity contribution >= 4 is 29.5 Å². The molecule has 1 spiro atoms. The second-order valence-electron chi connectivity index (χ2n) is 7.36. The Bertz CT molecular complexity index is 1050. The van der Waals surface area contributed by atoms with Crippen molar-refractivity contribution < 1.29 is 23.9 Å². The van der Waals surface area contributed by atoms with Gasteiger partial charge in [-0.15, -0.1) is 0 Å². The lowest BCUT2D eigenvalue weighted by Gasteiger charge is -2.33. The number of hydrogen-bond acceptors (Lipinski definition) is 5. The summed E-state index contributed by atoms with van der Waals surface area (Å²) < 4.78 is 4.67. The first-order valence-corrected chi connectivity index (χ1v) is 9.65. The van der Waals surface area contributed by atoms with Crippen LogP contribution in [-0.4, -0.2) is 42.4 Å². The van der Waals surface area contributed by atoms with Gasteiger partial charge < -0.3 is 15.4 Å². The number of amides is 4. The molecule has 1 heterocycles. The minimum absolute atomic E-state index is 0.281. The standard InChI is InChI=1S/C22H21N3O5/c1-30-19(27)15-7-4-9-16(12-15)23-18(26)13-25-20(28)22(24-21(25)29)11-5-8-14-6-2-3-10-17(14)22/h2-4,6-7,9-10,12H,5,8,11,13H2,1H3,(H,23,26)(H,24,29). The molecule has 2 aromatic rings. The van der Waals surface area contributed by atoms with E-state index in [-0.39, 0.29) is 5.56 Å². The van der Waals surface area contributed by atoms with Gasteiger partial charge in [0.2, 0.25) is 5.91 Å². The van der Waals surface area contributed by atoms with Crippen LogP contribution in [0.15, 0.2) is 48.5 Å². The molecule has 8 nitrogen and oxygen atoms in total. The highest BCUT2D eigenvalue weighted by Crippen LogP contribution is 2.39. The second-order valence-corrected chi connectivity index (χ2v) is 7.36. The predicted molar refractivity (Wildman–Crippen MR) is 108 cm³/mol. The third kappa shape index (κ3) is 3.30. The molecule has 4 rings (SSSR count). The number of aryl methyl sites for hydroxylation is 1. The highest BCUT2D eigenvalue weighted by atomic mass is 16.5. The molecule has 30 heavy (non-hydrogen) atoms. The number of esters is 1. The monoisotopic (exact) mass is 407 g/mol. The van der Waals surface area contributed by atoms with E-state index < -0.39 is 35.9 Å². The number of imide groups is 1. The second kappa shape index (κ2) is 7.62. The van der Waals surface area contributed by atoms with Crippen LogP contribution in [0.4, 0.5) is 10.5 Å². The minimum Gasteiger partial charge on any atom is -0.465 e. The Morgan fingerprint density at radius 1 is 1.17 bits per heavy atom. The molecular weight excluding hydrogens is 386 g/mol. The summed E-state index contributed by atoms with van der Waals surface area (Å²) >= 11 is 0. The Morgan fingerprint density at radius 3 is 2.77 bits per heavy atom. The van der Waals surface area contributed by atoms with Gasteiger partial charge in [0.15, 0.2) is 0 Å². The fourth-order valence-corrected chi connectivity index (χ4v) is 4.14. The van der Waals surface area contributed by atoms with E-state index in [1.807, 2.05) is 24.3 Å². The topological polar surface area (TPSA) is 105 Å². The Labute approximate surface area is 173 Å². The van der Waals surface area contributed by atoms with Gasteiger partial charge in [0, 0.05) is 5.69 Å². The van der Waals surface area contributed by atoms with Crippen LogP contribution in [0, 0.1) is 0 Å². The van der Waals surface area contributed by atoms with Crippen LogP contribution >= 0.6 is 0 Å². The van der Waals surface area contributed by atoms with Gasteiger partial charge in [-0.1, -0.05) is 30.3 Å². The van der Waals surface area contributed by atoms with E-state index in [1.165, 1.54) is 13.2 Å². The maximum Gasteiger partial charge on any atom is 0.337 e. The average molecular weight is 407 g/mol. The fourth-order valence-electron chi connectivity index (χ4n) is 4.14. The van der Waals surface area contributed by atoms with E-state index in [4.69, 9.17) is 0 Å². The van der Waals surface area contributed by atoms with E-state index in [1.54, 1.807) is 18.2 Å². The summed E-state index contributed by atoms with van der Waals surface area (Å²) in [5.41, 5.74) is 1.36. The van der Waals surface area contributed by atoms with Crippen molar-refractivity contribution in [2.24, 2.45) is 0 Å². The number of rotatable bonds is 4. The molecule has 0 bridgehead atoms. The molecule has 1 fully saturated rings. The number of urea groups is 1. The van der Waals surface area contributed by atoms with E-state index in [9.17, 15) is 19.2 Å². The maximum atomic E-state index is 13.2. The van der Waals surface area contributed by atoms with Gasteiger partial charge in [-0.25, -0.2) is 9.59 Å². The van der Waals surface area contributed by atoms with Gasteiger partial charge in [-0.2, -0.15) is 0 Å². The molecule has 2 aromatic carbocycles. The van der Waals surface area contributed by atoms with E-state index in [0.717, 1.165) is 28.9 Å². The summed E-state index contributed by atoms with van der Waals surface area (Å²) in [7, 11) is 1.27. The van der Waals surface area contributed by atoms with E-state index in [2.05, 4.69) is 15.4 Å². The molecular formula is C22H21N3O5. The van der Waals surface area contributed by atoms with Crippen LogP contribution in [0.2, 0.25) is 0 Å². The number of methoxy groups -OCH3 is 1. The molecule has 8 heteroatoms. The first-order chi connectivity index (χ1) is 14.4. The highest BCUT2D eigenvalue weighted by molar-refractivity contribution is 6.10. The maximum absolute atomic E-state index is 13.2. The van der Waals surface area contributed by atoms with Crippen molar-refractivity contribution in [1.82, 2.24) is 10.2 Å². The zero-order chi connectivity index (χ0) is 21.3. The number of carbonyl (C=O) groups is 4. The summed E-state index contributed by atoms with van der Waals surface area (Å²) in [4.78, 5) is 50.9. The van der Waals surface area contributed by atoms with Crippen LogP contribution in [0.1, 0.15) is 34.3 Å². The lowest BCUT2D eigenvalue weighted by Crippen LogP contribution is -2.47. The first-order valence-electron chi connectivity index (χ1n) is 9.65. The Hall–Kier alpha value is -3.68. The van der Waals surface area contributed by atoms with E-state index in [0.29, 0.717) is 12.1 Å².